The third kappa shape index (κ3) is 3.02. The lowest BCUT2D eigenvalue weighted by Gasteiger charge is -2.16. The lowest BCUT2D eigenvalue weighted by atomic mass is 10.2. The van der Waals surface area contributed by atoms with Crippen molar-refractivity contribution in [3.63, 3.8) is 0 Å². The number of carbonyl (C=O) groups excluding carboxylic acids is 1. The van der Waals surface area contributed by atoms with Gasteiger partial charge in [0.2, 0.25) is 0 Å². The molecule has 0 aromatic carbocycles. The number of rotatable bonds is 3. The van der Waals surface area contributed by atoms with Crippen molar-refractivity contribution in [2.24, 2.45) is 0 Å². The molecule has 0 aliphatic carbocycles. The van der Waals surface area contributed by atoms with Crippen LogP contribution in [0.4, 0.5) is 0 Å². The van der Waals surface area contributed by atoms with Crippen LogP contribution in [0, 0.1) is 0 Å². The van der Waals surface area contributed by atoms with Crippen molar-refractivity contribution in [2.75, 3.05) is 12.8 Å². The van der Waals surface area contributed by atoms with Crippen molar-refractivity contribution in [3.8, 4) is 0 Å². The van der Waals surface area contributed by atoms with Gasteiger partial charge in [-0.3, -0.25) is 4.79 Å². The van der Waals surface area contributed by atoms with Crippen LogP contribution in [0.5, 0.6) is 0 Å². The van der Waals surface area contributed by atoms with E-state index in [-0.39, 0.29) is 12.1 Å². The van der Waals surface area contributed by atoms with Gasteiger partial charge < -0.3 is 4.74 Å². The first-order valence-electron chi connectivity index (χ1n) is 3.83. The molecule has 1 unspecified atom stereocenters. The normalized spacial score (nSPS) is 24.5. The van der Waals surface area contributed by atoms with E-state index in [1.807, 2.05) is 12.2 Å². The monoisotopic (exact) mass is 172 g/mol. The summed E-state index contributed by atoms with van der Waals surface area (Å²) in [6.07, 6.45) is 6.53. The third-order valence-corrected chi connectivity index (χ3v) is 2.39. The highest BCUT2D eigenvalue weighted by Crippen LogP contribution is 2.13. The summed E-state index contributed by atoms with van der Waals surface area (Å²) in [5, 5.41) is 0. The van der Waals surface area contributed by atoms with E-state index < -0.39 is 0 Å². The second-order valence-corrected chi connectivity index (χ2v) is 3.76. The average molecular weight is 172 g/mol. The minimum atomic E-state index is -0.0862. The van der Waals surface area contributed by atoms with Gasteiger partial charge in [-0.2, -0.15) is 0 Å². The first kappa shape index (κ1) is 8.73. The van der Waals surface area contributed by atoms with E-state index >= 15 is 0 Å². The first-order chi connectivity index (χ1) is 5.33. The molecular formula is C8H13O2P. The number of hydrogen-bond donors (Lipinski definition) is 0. The molecule has 62 valence electrons. The van der Waals surface area contributed by atoms with E-state index in [1.54, 1.807) is 0 Å². The van der Waals surface area contributed by atoms with E-state index in [1.165, 1.54) is 0 Å². The Morgan fingerprint density at radius 2 is 2.64 bits per heavy atom. The summed E-state index contributed by atoms with van der Waals surface area (Å²) in [7, 11) is 0.949. The highest BCUT2D eigenvalue weighted by Gasteiger charge is 2.13. The van der Waals surface area contributed by atoms with Crippen molar-refractivity contribution in [1.29, 1.82) is 0 Å². The molecule has 0 bridgehead atoms. The van der Waals surface area contributed by atoms with E-state index in [0.29, 0.717) is 6.42 Å². The fraction of sp³-hybridized carbons (Fsp3) is 0.625. The number of esters is 1. The first-order valence-corrected chi connectivity index (χ1v) is 5.54. The minimum absolute atomic E-state index is 0.0590. The molecule has 0 aromatic heterocycles. The third-order valence-electron chi connectivity index (χ3n) is 1.60. The Labute approximate surface area is 68.8 Å². The van der Waals surface area contributed by atoms with E-state index in [4.69, 9.17) is 4.74 Å². The van der Waals surface area contributed by atoms with Gasteiger partial charge in [0.15, 0.2) is 0 Å². The van der Waals surface area contributed by atoms with Gasteiger partial charge in [-0.25, -0.2) is 0 Å². The zero-order chi connectivity index (χ0) is 8.10. The van der Waals surface area contributed by atoms with Crippen LogP contribution >= 0.6 is 8.58 Å². The second-order valence-electron chi connectivity index (χ2n) is 2.55. The van der Waals surface area contributed by atoms with Crippen molar-refractivity contribution < 1.29 is 9.53 Å². The molecule has 0 amide bonds. The van der Waals surface area contributed by atoms with Gasteiger partial charge in [0, 0.05) is 0 Å². The molecule has 0 saturated heterocycles. The molecule has 0 spiro atoms. The predicted octanol–water partition coefficient (Wildman–Crippen LogP) is 1.56. The summed E-state index contributed by atoms with van der Waals surface area (Å²) in [5.41, 5.74) is 0. The van der Waals surface area contributed by atoms with Gasteiger partial charge >= 0.3 is 5.97 Å². The largest absolute Gasteiger partial charge is 0.458 e. The minimum Gasteiger partial charge on any atom is -0.458 e. The van der Waals surface area contributed by atoms with Crippen LogP contribution in [0.2, 0.25) is 0 Å². The van der Waals surface area contributed by atoms with Crippen molar-refractivity contribution in [2.45, 2.75) is 18.9 Å². The summed E-state index contributed by atoms with van der Waals surface area (Å²) in [6, 6.07) is 0. The lowest BCUT2D eigenvalue weighted by Crippen LogP contribution is -2.19. The maximum Gasteiger partial charge on any atom is 0.310 e. The highest BCUT2D eigenvalue weighted by molar-refractivity contribution is 7.36. The van der Waals surface area contributed by atoms with Crippen LogP contribution in [0.25, 0.3) is 0 Å². The Bertz CT molecular complexity index is 165. The molecule has 3 heteroatoms. The topological polar surface area (TPSA) is 26.3 Å². The number of carbonyl (C=O) groups is 1. The molecule has 0 radical (unpaired) electrons. The summed E-state index contributed by atoms with van der Waals surface area (Å²) in [4.78, 5) is 10.8. The fourth-order valence-electron chi connectivity index (χ4n) is 1.01. The average Bonchev–Trinajstić information content (AvgIpc) is 2.01. The van der Waals surface area contributed by atoms with Crippen LogP contribution in [0.1, 0.15) is 12.8 Å². The Balaban J connectivity index is 2.28. The zero-order valence-electron chi connectivity index (χ0n) is 6.67. The summed E-state index contributed by atoms with van der Waals surface area (Å²) in [5.74, 6) is -0.0862. The van der Waals surface area contributed by atoms with Crippen LogP contribution in [0.15, 0.2) is 12.2 Å². The molecule has 0 saturated carbocycles. The van der Waals surface area contributed by atoms with Crippen LogP contribution in [-0.4, -0.2) is 24.9 Å². The number of ether oxygens (including phenoxy) is 1. The molecule has 1 rings (SSSR count). The zero-order valence-corrected chi connectivity index (χ0v) is 7.67. The molecule has 1 aliphatic rings. The lowest BCUT2D eigenvalue weighted by molar-refractivity contribution is -0.146. The highest BCUT2D eigenvalue weighted by atomic mass is 31.1. The molecule has 0 fully saturated rings. The number of cyclic esters (lactones) is 1. The van der Waals surface area contributed by atoms with Crippen LogP contribution in [-0.2, 0) is 9.53 Å². The quantitative estimate of drug-likeness (QED) is 0.367. The summed E-state index contributed by atoms with van der Waals surface area (Å²) in [6.45, 7) is 2.16. The SMILES string of the molecule is CPCC[C@H]1C=CCC(=O)O1. The standard InChI is InChI=1S/C8H13O2P/c1-11-6-5-7-3-2-4-8(9)10-7/h2-3,7,11H,4-6H2,1H3/t7-/m1/s1. The Morgan fingerprint density at radius 1 is 1.82 bits per heavy atom. The Hall–Kier alpha value is -0.360. The molecule has 0 aromatic rings. The van der Waals surface area contributed by atoms with Crippen LogP contribution < -0.4 is 0 Å². The van der Waals surface area contributed by atoms with Gasteiger partial charge in [0.25, 0.3) is 0 Å². The fourth-order valence-corrected chi connectivity index (χ4v) is 1.59. The van der Waals surface area contributed by atoms with Crippen molar-refractivity contribution in [1.82, 2.24) is 0 Å². The van der Waals surface area contributed by atoms with E-state index in [2.05, 4.69) is 6.66 Å². The number of hydrogen-bond acceptors (Lipinski definition) is 2. The van der Waals surface area contributed by atoms with Gasteiger partial charge in [0.05, 0.1) is 6.42 Å². The van der Waals surface area contributed by atoms with Gasteiger partial charge in [-0.15, -0.1) is 8.58 Å². The Morgan fingerprint density at radius 3 is 3.27 bits per heavy atom. The smallest absolute Gasteiger partial charge is 0.310 e. The van der Waals surface area contributed by atoms with Crippen molar-refractivity contribution in [3.05, 3.63) is 12.2 Å². The maximum atomic E-state index is 10.8. The predicted molar refractivity (Wildman–Crippen MR) is 47.4 cm³/mol. The van der Waals surface area contributed by atoms with Gasteiger partial charge in [-0.05, 0) is 25.3 Å². The molecule has 11 heavy (non-hydrogen) atoms. The van der Waals surface area contributed by atoms with E-state index in [0.717, 1.165) is 21.2 Å². The second kappa shape index (κ2) is 4.50. The van der Waals surface area contributed by atoms with E-state index in [9.17, 15) is 4.79 Å². The molecule has 1 aliphatic heterocycles. The van der Waals surface area contributed by atoms with Gasteiger partial charge in [0.1, 0.15) is 6.10 Å². The molecule has 2 atom stereocenters. The molecular weight excluding hydrogens is 159 g/mol. The Kier molecular flexibility index (Phi) is 3.58. The maximum absolute atomic E-state index is 10.8. The summed E-state index contributed by atoms with van der Waals surface area (Å²) < 4.78 is 5.07. The molecule has 2 nitrogen and oxygen atoms in total. The van der Waals surface area contributed by atoms with Crippen LogP contribution in [0.3, 0.4) is 0 Å². The molecule has 1 heterocycles. The van der Waals surface area contributed by atoms with Gasteiger partial charge in [-0.1, -0.05) is 6.08 Å². The molecule has 0 N–H and O–H groups in total. The van der Waals surface area contributed by atoms with Crippen molar-refractivity contribution >= 4 is 14.6 Å². The summed E-state index contributed by atoms with van der Waals surface area (Å²) >= 11 is 0.